The largest absolute Gasteiger partial charge is 0.488 e. The quantitative estimate of drug-likeness (QED) is 0.776. The average molecular weight is 261 g/mol. The molecule has 0 radical (unpaired) electrons. The summed E-state index contributed by atoms with van der Waals surface area (Å²) in [6, 6.07) is 2.93. The van der Waals surface area contributed by atoms with Crippen LogP contribution < -0.4 is 4.74 Å². The van der Waals surface area contributed by atoms with Crippen molar-refractivity contribution in [1.29, 1.82) is 0 Å². The molecule has 1 heterocycles. The van der Waals surface area contributed by atoms with Gasteiger partial charge in [0, 0.05) is 6.20 Å². The Morgan fingerprint density at radius 1 is 1.41 bits per heavy atom. The first-order valence-corrected chi connectivity index (χ1v) is 6.85. The molecule has 0 aliphatic heterocycles. The Kier molecular flexibility index (Phi) is 4.08. The SMILES string of the molecule is CC(C)(C)S(=O)(=O)CCOc1cccnc1F. The van der Waals surface area contributed by atoms with Crippen LogP contribution in [-0.4, -0.2) is 30.5 Å². The van der Waals surface area contributed by atoms with Gasteiger partial charge in [0.2, 0.25) is 0 Å². The van der Waals surface area contributed by atoms with E-state index in [2.05, 4.69) is 4.98 Å². The molecular weight excluding hydrogens is 245 g/mol. The van der Waals surface area contributed by atoms with Crippen LogP contribution in [0.4, 0.5) is 4.39 Å². The Balaban J connectivity index is 2.58. The average Bonchev–Trinajstić information content (AvgIpc) is 2.19. The molecule has 4 nitrogen and oxygen atoms in total. The molecule has 0 saturated heterocycles. The monoisotopic (exact) mass is 261 g/mol. The molecule has 6 heteroatoms. The zero-order chi connectivity index (χ0) is 13.1. The molecule has 0 fully saturated rings. The van der Waals surface area contributed by atoms with E-state index in [9.17, 15) is 12.8 Å². The van der Waals surface area contributed by atoms with Crippen LogP contribution >= 0.6 is 0 Å². The maximum absolute atomic E-state index is 13.1. The summed E-state index contributed by atoms with van der Waals surface area (Å²) < 4.78 is 40.8. The van der Waals surface area contributed by atoms with Gasteiger partial charge in [-0.3, -0.25) is 0 Å². The fourth-order valence-corrected chi connectivity index (χ4v) is 1.96. The van der Waals surface area contributed by atoms with E-state index in [1.165, 1.54) is 18.3 Å². The smallest absolute Gasteiger partial charge is 0.255 e. The van der Waals surface area contributed by atoms with Gasteiger partial charge in [-0.05, 0) is 32.9 Å². The lowest BCUT2D eigenvalue weighted by Gasteiger charge is -2.19. The highest BCUT2D eigenvalue weighted by molar-refractivity contribution is 7.92. The van der Waals surface area contributed by atoms with E-state index in [-0.39, 0.29) is 18.1 Å². The summed E-state index contributed by atoms with van der Waals surface area (Å²) in [4.78, 5) is 3.40. The Morgan fingerprint density at radius 2 is 2.06 bits per heavy atom. The zero-order valence-electron chi connectivity index (χ0n) is 10.1. The Morgan fingerprint density at radius 3 is 2.59 bits per heavy atom. The lowest BCUT2D eigenvalue weighted by Crippen LogP contribution is -2.32. The zero-order valence-corrected chi connectivity index (χ0v) is 10.9. The molecule has 0 amide bonds. The number of aromatic nitrogens is 1. The van der Waals surface area contributed by atoms with Gasteiger partial charge in [-0.25, -0.2) is 13.4 Å². The van der Waals surface area contributed by atoms with Crippen molar-refractivity contribution in [2.75, 3.05) is 12.4 Å². The number of nitrogens with zero attached hydrogens (tertiary/aromatic N) is 1. The fourth-order valence-electron chi connectivity index (χ4n) is 1.05. The molecule has 0 saturated carbocycles. The third-order valence-electron chi connectivity index (χ3n) is 2.27. The topological polar surface area (TPSA) is 56.3 Å². The highest BCUT2D eigenvalue weighted by atomic mass is 32.2. The van der Waals surface area contributed by atoms with Gasteiger partial charge >= 0.3 is 0 Å². The van der Waals surface area contributed by atoms with E-state index >= 15 is 0 Å². The van der Waals surface area contributed by atoms with E-state index in [0.717, 1.165) is 0 Å². The minimum Gasteiger partial charge on any atom is -0.488 e. The van der Waals surface area contributed by atoms with Gasteiger partial charge < -0.3 is 4.74 Å². The Hall–Kier alpha value is -1.17. The number of pyridine rings is 1. The molecule has 1 aromatic heterocycles. The van der Waals surface area contributed by atoms with Crippen LogP contribution in [-0.2, 0) is 9.84 Å². The van der Waals surface area contributed by atoms with Gasteiger partial charge in [0.05, 0.1) is 10.5 Å². The van der Waals surface area contributed by atoms with Crippen LogP contribution in [0.2, 0.25) is 0 Å². The number of hydrogen-bond acceptors (Lipinski definition) is 4. The van der Waals surface area contributed by atoms with Crippen molar-refractivity contribution >= 4 is 9.84 Å². The molecule has 96 valence electrons. The number of halogens is 1. The molecule has 0 aromatic carbocycles. The molecule has 0 N–H and O–H groups in total. The summed E-state index contributed by atoms with van der Waals surface area (Å²) >= 11 is 0. The Labute approximate surface area is 101 Å². The van der Waals surface area contributed by atoms with Crippen molar-refractivity contribution in [2.45, 2.75) is 25.5 Å². The van der Waals surface area contributed by atoms with Crippen molar-refractivity contribution in [1.82, 2.24) is 4.98 Å². The Bertz CT molecular complexity index is 480. The van der Waals surface area contributed by atoms with Gasteiger partial charge in [-0.2, -0.15) is 4.39 Å². The maximum atomic E-state index is 13.1. The second-order valence-electron chi connectivity index (χ2n) is 4.57. The summed E-state index contributed by atoms with van der Waals surface area (Å²) in [6.07, 6.45) is 1.30. The molecular formula is C11H16FNO3S. The van der Waals surface area contributed by atoms with Crippen LogP contribution in [0, 0.1) is 5.95 Å². The summed E-state index contributed by atoms with van der Waals surface area (Å²) in [6.45, 7) is 4.77. The lowest BCUT2D eigenvalue weighted by atomic mass is 10.3. The first-order valence-electron chi connectivity index (χ1n) is 5.20. The third-order valence-corrected chi connectivity index (χ3v) is 4.84. The van der Waals surface area contributed by atoms with E-state index < -0.39 is 20.5 Å². The van der Waals surface area contributed by atoms with E-state index in [1.54, 1.807) is 20.8 Å². The summed E-state index contributed by atoms with van der Waals surface area (Å²) in [5.74, 6) is -0.914. The lowest BCUT2D eigenvalue weighted by molar-refractivity contribution is 0.316. The number of hydrogen-bond donors (Lipinski definition) is 0. The van der Waals surface area contributed by atoms with Crippen LogP contribution in [0.25, 0.3) is 0 Å². The molecule has 0 atom stereocenters. The maximum Gasteiger partial charge on any atom is 0.255 e. The van der Waals surface area contributed by atoms with E-state index in [1.807, 2.05) is 0 Å². The summed E-state index contributed by atoms with van der Waals surface area (Å²) in [5, 5.41) is 0. The van der Waals surface area contributed by atoms with Gasteiger partial charge in [-0.1, -0.05) is 0 Å². The second kappa shape index (κ2) is 5.00. The molecule has 0 spiro atoms. The highest BCUT2D eigenvalue weighted by Gasteiger charge is 2.28. The first kappa shape index (κ1) is 13.9. The first-order chi connectivity index (χ1) is 7.74. The van der Waals surface area contributed by atoms with Gasteiger partial charge in [0.15, 0.2) is 15.6 Å². The molecule has 0 aliphatic carbocycles. The molecule has 0 aliphatic rings. The van der Waals surface area contributed by atoms with Gasteiger partial charge in [-0.15, -0.1) is 0 Å². The van der Waals surface area contributed by atoms with Crippen molar-refractivity contribution in [3.63, 3.8) is 0 Å². The van der Waals surface area contributed by atoms with E-state index in [4.69, 9.17) is 4.74 Å². The van der Waals surface area contributed by atoms with Gasteiger partial charge in [0.25, 0.3) is 5.95 Å². The van der Waals surface area contributed by atoms with Crippen LogP contribution in [0.15, 0.2) is 18.3 Å². The molecule has 17 heavy (non-hydrogen) atoms. The van der Waals surface area contributed by atoms with E-state index in [0.29, 0.717) is 0 Å². The number of sulfone groups is 1. The standard InChI is InChI=1S/C11H16FNO3S/c1-11(2,3)17(14,15)8-7-16-9-5-4-6-13-10(9)12/h4-6H,7-8H2,1-3H3. The van der Waals surface area contributed by atoms with Crippen molar-refractivity contribution in [2.24, 2.45) is 0 Å². The minimum absolute atomic E-state index is 0.0309. The third kappa shape index (κ3) is 3.66. The molecule has 1 aromatic rings. The second-order valence-corrected chi connectivity index (χ2v) is 7.43. The van der Waals surface area contributed by atoms with Crippen molar-refractivity contribution < 1.29 is 17.5 Å². The molecule has 0 unspecified atom stereocenters. The number of rotatable bonds is 4. The summed E-state index contributed by atoms with van der Waals surface area (Å²) in [7, 11) is -3.25. The highest BCUT2D eigenvalue weighted by Crippen LogP contribution is 2.17. The minimum atomic E-state index is -3.25. The van der Waals surface area contributed by atoms with Crippen molar-refractivity contribution in [3.8, 4) is 5.75 Å². The normalized spacial score (nSPS) is 12.5. The van der Waals surface area contributed by atoms with Crippen molar-refractivity contribution in [3.05, 3.63) is 24.3 Å². The number of ether oxygens (including phenoxy) is 1. The molecule has 1 rings (SSSR count). The van der Waals surface area contributed by atoms with Gasteiger partial charge in [0.1, 0.15) is 6.61 Å². The fraction of sp³-hybridized carbons (Fsp3) is 0.545. The van der Waals surface area contributed by atoms with Crippen LogP contribution in [0.3, 0.4) is 0 Å². The predicted octanol–water partition coefficient (Wildman–Crippen LogP) is 1.81. The predicted molar refractivity (Wildman–Crippen MR) is 63.2 cm³/mol. The molecule has 0 bridgehead atoms. The summed E-state index contributed by atoms with van der Waals surface area (Å²) in [5.41, 5.74) is 0. The van der Waals surface area contributed by atoms with Crippen LogP contribution in [0.1, 0.15) is 20.8 Å². The van der Waals surface area contributed by atoms with Crippen LogP contribution in [0.5, 0.6) is 5.75 Å².